The van der Waals surface area contributed by atoms with Crippen LogP contribution in [-0.4, -0.2) is 24.8 Å². The second kappa shape index (κ2) is 5.40. The highest BCUT2D eigenvalue weighted by Crippen LogP contribution is 2.15. The Labute approximate surface area is 95.1 Å². The van der Waals surface area contributed by atoms with Gasteiger partial charge in [0.2, 0.25) is 5.89 Å². The van der Waals surface area contributed by atoms with Crippen LogP contribution < -0.4 is 5.73 Å². The summed E-state index contributed by atoms with van der Waals surface area (Å²) >= 11 is 0. The van der Waals surface area contributed by atoms with E-state index < -0.39 is 9.84 Å². The molecule has 0 spiro atoms. The highest BCUT2D eigenvalue weighted by Gasteiger charge is 2.16. The lowest BCUT2D eigenvalue weighted by molar-refractivity contribution is 0.343. The molecule has 0 fully saturated rings. The van der Waals surface area contributed by atoms with Crippen LogP contribution in [0.25, 0.3) is 0 Å². The van der Waals surface area contributed by atoms with Gasteiger partial charge in [-0.05, 0) is 6.42 Å². The van der Waals surface area contributed by atoms with E-state index in [9.17, 15) is 8.42 Å². The van der Waals surface area contributed by atoms with Gasteiger partial charge in [-0.15, -0.1) is 0 Å². The summed E-state index contributed by atoms with van der Waals surface area (Å²) in [6.07, 6.45) is 3.90. The Morgan fingerprint density at radius 2 is 2.19 bits per heavy atom. The van der Waals surface area contributed by atoms with Crippen LogP contribution in [0, 0.1) is 0 Å². The number of rotatable bonds is 6. The van der Waals surface area contributed by atoms with Crippen molar-refractivity contribution in [3.63, 3.8) is 0 Å². The number of nitrogens with two attached hydrogens (primary N) is 1. The summed E-state index contributed by atoms with van der Waals surface area (Å²) in [5, 5.41) is 3.59. The third-order valence-electron chi connectivity index (χ3n) is 2.06. The van der Waals surface area contributed by atoms with E-state index in [0.717, 1.165) is 25.5 Å². The Bertz CT molecular complexity index is 427. The summed E-state index contributed by atoms with van der Waals surface area (Å²) in [7, 11) is -3.13. The van der Waals surface area contributed by atoms with E-state index in [0.29, 0.717) is 5.89 Å². The largest absolute Gasteiger partial charge is 0.338 e. The van der Waals surface area contributed by atoms with Crippen LogP contribution in [0.2, 0.25) is 0 Å². The van der Waals surface area contributed by atoms with Gasteiger partial charge in [0.25, 0.3) is 0 Å². The standard InChI is InChI=1S/C9H17N3O3S/c1-3-4-5-7(10)9-11-8(12-15-9)6-16(2,13)14/h7H,3-6,10H2,1-2H3. The van der Waals surface area contributed by atoms with Crippen LogP contribution in [0.15, 0.2) is 4.52 Å². The van der Waals surface area contributed by atoms with Crippen LogP contribution in [0.4, 0.5) is 0 Å². The number of aromatic nitrogens is 2. The van der Waals surface area contributed by atoms with Gasteiger partial charge in [-0.1, -0.05) is 24.9 Å². The van der Waals surface area contributed by atoms with Crippen LogP contribution in [0.1, 0.15) is 43.9 Å². The van der Waals surface area contributed by atoms with Crippen LogP contribution in [0.5, 0.6) is 0 Å². The summed E-state index contributed by atoms with van der Waals surface area (Å²) in [6.45, 7) is 2.07. The van der Waals surface area contributed by atoms with Gasteiger partial charge in [0.15, 0.2) is 15.7 Å². The average Bonchev–Trinajstić information content (AvgIpc) is 2.59. The third-order valence-corrected chi connectivity index (χ3v) is 2.84. The van der Waals surface area contributed by atoms with Crippen LogP contribution in [0.3, 0.4) is 0 Å². The van der Waals surface area contributed by atoms with E-state index in [1.165, 1.54) is 0 Å². The van der Waals surface area contributed by atoms with Gasteiger partial charge in [0.05, 0.1) is 6.04 Å². The predicted molar refractivity (Wildman–Crippen MR) is 59.3 cm³/mol. The number of hydrogen-bond acceptors (Lipinski definition) is 6. The van der Waals surface area contributed by atoms with E-state index in [-0.39, 0.29) is 17.6 Å². The second-order valence-electron chi connectivity index (χ2n) is 3.87. The van der Waals surface area contributed by atoms with Crippen molar-refractivity contribution < 1.29 is 12.9 Å². The maximum atomic E-state index is 11.0. The van der Waals surface area contributed by atoms with E-state index in [1.807, 2.05) is 0 Å². The molecule has 0 amide bonds. The molecule has 0 aromatic carbocycles. The molecule has 1 unspecified atom stereocenters. The topological polar surface area (TPSA) is 99.1 Å². The van der Waals surface area contributed by atoms with Gasteiger partial charge < -0.3 is 10.3 Å². The number of nitrogens with zero attached hydrogens (tertiary/aromatic N) is 2. The summed E-state index contributed by atoms with van der Waals surface area (Å²) in [5.74, 6) is 0.272. The van der Waals surface area contributed by atoms with E-state index in [4.69, 9.17) is 10.3 Å². The van der Waals surface area contributed by atoms with Gasteiger partial charge in [0.1, 0.15) is 5.75 Å². The molecule has 1 aromatic rings. The van der Waals surface area contributed by atoms with E-state index >= 15 is 0 Å². The molecule has 0 aliphatic carbocycles. The lowest BCUT2D eigenvalue weighted by atomic mass is 10.1. The fraction of sp³-hybridized carbons (Fsp3) is 0.778. The average molecular weight is 247 g/mol. The summed E-state index contributed by atoms with van der Waals surface area (Å²) in [6, 6.07) is -0.305. The summed E-state index contributed by atoms with van der Waals surface area (Å²) < 4.78 is 26.9. The zero-order valence-corrected chi connectivity index (χ0v) is 10.3. The first-order valence-electron chi connectivity index (χ1n) is 5.18. The van der Waals surface area contributed by atoms with Crippen molar-refractivity contribution in [2.75, 3.05) is 6.26 Å². The van der Waals surface area contributed by atoms with Crippen LogP contribution >= 0.6 is 0 Å². The molecule has 16 heavy (non-hydrogen) atoms. The molecular formula is C9H17N3O3S. The van der Waals surface area contributed by atoms with Crippen molar-refractivity contribution in [2.24, 2.45) is 5.73 Å². The molecule has 0 saturated carbocycles. The molecule has 0 saturated heterocycles. The van der Waals surface area contributed by atoms with E-state index in [1.54, 1.807) is 0 Å². The van der Waals surface area contributed by atoms with Gasteiger partial charge in [0, 0.05) is 6.26 Å². The Kier molecular flexibility index (Phi) is 4.43. The molecule has 1 rings (SSSR count). The second-order valence-corrected chi connectivity index (χ2v) is 6.01. The van der Waals surface area contributed by atoms with Crippen molar-refractivity contribution in [1.29, 1.82) is 0 Å². The van der Waals surface area contributed by atoms with E-state index in [2.05, 4.69) is 17.1 Å². The lowest BCUT2D eigenvalue weighted by Gasteiger charge is -2.03. The fourth-order valence-corrected chi connectivity index (χ4v) is 1.85. The minimum atomic E-state index is -3.13. The SMILES string of the molecule is CCCCC(N)c1nc(CS(C)(=O)=O)no1. The molecule has 0 radical (unpaired) electrons. The Hall–Kier alpha value is -0.950. The zero-order chi connectivity index (χ0) is 12.2. The highest BCUT2D eigenvalue weighted by atomic mass is 32.2. The monoisotopic (exact) mass is 247 g/mol. The molecule has 6 nitrogen and oxygen atoms in total. The first kappa shape index (κ1) is 13.1. The highest BCUT2D eigenvalue weighted by molar-refractivity contribution is 7.89. The molecule has 0 bridgehead atoms. The smallest absolute Gasteiger partial charge is 0.243 e. The molecule has 0 aliphatic rings. The molecule has 0 aliphatic heterocycles. The third kappa shape index (κ3) is 4.28. The molecule has 1 aromatic heterocycles. The number of sulfone groups is 1. The Balaban J connectivity index is 2.64. The van der Waals surface area contributed by atoms with Crippen molar-refractivity contribution in [2.45, 2.75) is 38.0 Å². The summed E-state index contributed by atoms with van der Waals surface area (Å²) in [4.78, 5) is 3.97. The Morgan fingerprint density at radius 3 is 2.75 bits per heavy atom. The maximum absolute atomic E-state index is 11.0. The molecule has 1 atom stereocenters. The van der Waals surface area contributed by atoms with Gasteiger partial charge >= 0.3 is 0 Å². The van der Waals surface area contributed by atoms with Crippen molar-refractivity contribution in [1.82, 2.24) is 10.1 Å². The van der Waals surface area contributed by atoms with Crippen molar-refractivity contribution in [3.05, 3.63) is 11.7 Å². The summed E-state index contributed by atoms with van der Waals surface area (Å²) in [5.41, 5.74) is 5.81. The van der Waals surface area contributed by atoms with Crippen molar-refractivity contribution >= 4 is 9.84 Å². The first-order chi connectivity index (χ1) is 7.42. The Morgan fingerprint density at radius 1 is 1.50 bits per heavy atom. The number of hydrogen-bond donors (Lipinski definition) is 1. The minimum absolute atomic E-state index is 0.171. The van der Waals surface area contributed by atoms with Gasteiger partial charge in [-0.3, -0.25) is 0 Å². The number of unbranched alkanes of at least 4 members (excludes halogenated alkanes) is 1. The van der Waals surface area contributed by atoms with Gasteiger partial charge in [-0.2, -0.15) is 4.98 Å². The first-order valence-corrected chi connectivity index (χ1v) is 7.24. The van der Waals surface area contributed by atoms with Crippen LogP contribution in [-0.2, 0) is 15.6 Å². The zero-order valence-electron chi connectivity index (χ0n) is 9.51. The molecule has 7 heteroatoms. The van der Waals surface area contributed by atoms with Gasteiger partial charge in [-0.25, -0.2) is 8.42 Å². The minimum Gasteiger partial charge on any atom is -0.338 e. The molecule has 1 heterocycles. The molecule has 92 valence electrons. The lowest BCUT2D eigenvalue weighted by Crippen LogP contribution is -2.11. The molecule has 2 N–H and O–H groups in total. The predicted octanol–water partition coefficient (Wildman–Crippen LogP) is 0.804. The quantitative estimate of drug-likeness (QED) is 0.798. The fourth-order valence-electron chi connectivity index (χ4n) is 1.26. The van der Waals surface area contributed by atoms with Crippen molar-refractivity contribution in [3.8, 4) is 0 Å². The normalized spacial score (nSPS) is 13.9. The molecular weight excluding hydrogens is 230 g/mol. The maximum Gasteiger partial charge on any atom is 0.243 e.